The van der Waals surface area contributed by atoms with Crippen LogP contribution in [0.3, 0.4) is 0 Å². The normalized spacial score (nSPS) is 11.4. The number of hydrogen-bond acceptors (Lipinski definition) is 6. The highest BCUT2D eigenvalue weighted by atomic mass is 127. The Hall–Kier alpha value is -2.31. The summed E-state index contributed by atoms with van der Waals surface area (Å²) in [6, 6.07) is 12.9. The second-order valence-corrected chi connectivity index (χ2v) is 7.27. The number of nitrogens with zero attached hydrogens (tertiary/aromatic N) is 1. The minimum atomic E-state index is -0.370. The molecule has 2 rings (SSSR count). The Kier molecular flexibility index (Phi) is 8.54. The van der Waals surface area contributed by atoms with Crippen molar-refractivity contribution < 1.29 is 19.4 Å². The summed E-state index contributed by atoms with van der Waals surface area (Å²) in [5.74, 6) is 0.288. The van der Waals surface area contributed by atoms with Crippen molar-refractivity contribution >= 4 is 34.2 Å². The van der Waals surface area contributed by atoms with Gasteiger partial charge in [0.1, 0.15) is 19.0 Å². The van der Waals surface area contributed by atoms with E-state index in [2.05, 4.69) is 40.9 Å². The van der Waals surface area contributed by atoms with Gasteiger partial charge in [-0.2, -0.15) is 5.26 Å². The van der Waals surface area contributed by atoms with Gasteiger partial charge in [0.2, 0.25) is 0 Å². The molecule has 7 heteroatoms. The van der Waals surface area contributed by atoms with Crippen molar-refractivity contribution in [3.63, 3.8) is 0 Å². The van der Waals surface area contributed by atoms with Gasteiger partial charge in [-0.1, -0.05) is 6.92 Å². The quantitative estimate of drug-likeness (QED) is 0.407. The number of esters is 1. The molecule has 0 saturated carbocycles. The van der Waals surface area contributed by atoms with Gasteiger partial charge in [0.15, 0.2) is 0 Å². The Morgan fingerprint density at radius 1 is 1.32 bits per heavy atom. The van der Waals surface area contributed by atoms with E-state index in [0.29, 0.717) is 11.3 Å². The molecule has 0 heterocycles. The molecule has 0 radical (unpaired) electrons. The lowest BCUT2D eigenvalue weighted by molar-refractivity contribution is -0.141. The Morgan fingerprint density at radius 2 is 2.04 bits per heavy atom. The van der Waals surface area contributed by atoms with Gasteiger partial charge in [-0.25, -0.2) is 0 Å². The van der Waals surface area contributed by atoms with E-state index in [1.165, 1.54) is 6.92 Å². The number of benzene rings is 2. The molecule has 6 nitrogen and oxygen atoms in total. The van der Waals surface area contributed by atoms with Crippen LogP contribution in [0, 0.1) is 14.9 Å². The summed E-state index contributed by atoms with van der Waals surface area (Å²) < 4.78 is 12.0. The maximum atomic E-state index is 11.4. The number of anilines is 1. The molecule has 0 fully saturated rings. The lowest BCUT2D eigenvalue weighted by atomic mass is 10.0. The van der Waals surface area contributed by atoms with Crippen molar-refractivity contribution in [2.75, 3.05) is 25.1 Å². The van der Waals surface area contributed by atoms with Crippen LogP contribution in [0.5, 0.6) is 5.75 Å². The molecule has 2 aromatic carbocycles. The molecule has 0 aliphatic heterocycles. The van der Waals surface area contributed by atoms with Gasteiger partial charge in [0.25, 0.3) is 0 Å². The molecule has 0 aliphatic carbocycles. The summed E-state index contributed by atoms with van der Waals surface area (Å²) in [5, 5.41) is 21.5. The van der Waals surface area contributed by atoms with Crippen LogP contribution in [-0.4, -0.2) is 30.9 Å². The third-order valence-electron chi connectivity index (χ3n) is 4.06. The molecule has 2 N–H and O–H groups in total. The maximum absolute atomic E-state index is 11.4. The van der Waals surface area contributed by atoms with Crippen LogP contribution < -0.4 is 10.1 Å². The number of aliphatic hydroxyl groups excluding tert-OH is 1. The lowest BCUT2D eigenvalue weighted by Crippen LogP contribution is -2.21. The van der Waals surface area contributed by atoms with Crippen LogP contribution in [-0.2, 0) is 16.0 Å². The van der Waals surface area contributed by atoms with Gasteiger partial charge < -0.3 is 19.9 Å². The number of nitriles is 1. The zero-order chi connectivity index (χ0) is 20.5. The first-order valence-corrected chi connectivity index (χ1v) is 10.0. The van der Waals surface area contributed by atoms with E-state index in [9.17, 15) is 9.90 Å². The highest BCUT2D eigenvalue weighted by Crippen LogP contribution is 2.34. The highest BCUT2D eigenvalue weighted by molar-refractivity contribution is 14.1. The molecule has 0 bridgehead atoms. The molecule has 148 valence electrons. The molecule has 2 aromatic rings. The number of aliphatic hydroxyl groups is 1. The maximum Gasteiger partial charge on any atom is 0.302 e. The van der Waals surface area contributed by atoms with E-state index in [-0.39, 0.29) is 31.8 Å². The van der Waals surface area contributed by atoms with Crippen molar-refractivity contribution in [1.82, 2.24) is 0 Å². The SMILES string of the molecule is CCc1cc(I)c(OCCO)c(C(COC(C)=O)Nc2ccc(C#N)cc2)c1. The molecule has 0 amide bonds. The van der Waals surface area contributed by atoms with Gasteiger partial charge in [0.05, 0.1) is 27.9 Å². The molecule has 0 aliphatic rings. The van der Waals surface area contributed by atoms with Crippen LogP contribution in [0.25, 0.3) is 0 Å². The third kappa shape index (κ3) is 6.11. The van der Waals surface area contributed by atoms with Gasteiger partial charge in [-0.3, -0.25) is 4.79 Å². The molecular formula is C21H23IN2O4. The fourth-order valence-corrected chi connectivity index (χ4v) is 3.56. The summed E-state index contributed by atoms with van der Waals surface area (Å²) in [6.45, 7) is 3.63. The topological polar surface area (TPSA) is 91.6 Å². The molecule has 1 atom stereocenters. The molecule has 0 spiro atoms. The number of halogens is 1. The average molecular weight is 494 g/mol. The Labute approximate surface area is 178 Å². The zero-order valence-corrected chi connectivity index (χ0v) is 18.0. The highest BCUT2D eigenvalue weighted by Gasteiger charge is 2.21. The zero-order valence-electron chi connectivity index (χ0n) is 15.9. The largest absolute Gasteiger partial charge is 0.490 e. The molecule has 0 saturated heterocycles. The summed E-state index contributed by atoms with van der Waals surface area (Å²) in [5.41, 5.74) is 3.34. The van der Waals surface area contributed by atoms with Gasteiger partial charge in [-0.15, -0.1) is 0 Å². The minimum absolute atomic E-state index is 0.0945. The second-order valence-electron chi connectivity index (χ2n) is 6.11. The van der Waals surface area contributed by atoms with Crippen LogP contribution >= 0.6 is 22.6 Å². The number of nitrogens with one attached hydrogen (secondary N) is 1. The average Bonchev–Trinajstić information content (AvgIpc) is 2.70. The van der Waals surface area contributed by atoms with E-state index in [1.807, 2.05) is 24.3 Å². The Bertz CT molecular complexity index is 847. The van der Waals surface area contributed by atoms with Crippen LogP contribution in [0.15, 0.2) is 36.4 Å². The number of carbonyl (C=O) groups is 1. The van der Waals surface area contributed by atoms with Crippen LogP contribution in [0.4, 0.5) is 5.69 Å². The number of carbonyl (C=O) groups excluding carboxylic acids is 1. The van der Waals surface area contributed by atoms with E-state index < -0.39 is 0 Å². The summed E-state index contributed by atoms with van der Waals surface area (Å²) in [7, 11) is 0. The fraction of sp³-hybridized carbons (Fsp3) is 0.333. The fourth-order valence-electron chi connectivity index (χ4n) is 2.69. The monoisotopic (exact) mass is 494 g/mol. The number of rotatable bonds is 9. The summed E-state index contributed by atoms with van der Waals surface area (Å²) in [6.07, 6.45) is 0.848. The van der Waals surface area contributed by atoms with Gasteiger partial charge in [0, 0.05) is 18.2 Å². The predicted molar refractivity (Wildman–Crippen MR) is 115 cm³/mol. The Morgan fingerprint density at radius 3 is 2.61 bits per heavy atom. The van der Waals surface area contributed by atoms with Crippen molar-refractivity contribution in [1.29, 1.82) is 5.26 Å². The summed E-state index contributed by atoms with van der Waals surface area (Å²) >= 11 is 2.21. The number of ether oxygens (including phenoxy) is 2. The number of aryl methyl sites for hydroxylation is 1. The molecule has 1 unspecified atom stereocenters. The van der Waals surface area contributed by atoms with Crippen molar-refractivity contribution in [3.05, 3.63) is 56.7 Å². The van der Waals surface area contributed by atoms with Gasteiger partial charge >= 0.3 is 5.97 Å². The second kappa shape index (κ2) is 10.9. The molecule has 0 aromatic heterocycles. The minimum Gasteiger partial charge on any atom is -0.490 e. The van der Waals surface area contributed by atoms with Crippen molar-refractivity contribution in [2.24, 2.45) is 0 Å². The standard InChI is InChI=1S/C21H23IN2O4/c1-3-15-10-18(21(19(22)11-15)27-9-8-25)20(13-28-14(2)26)24-17-6-4-16(12-23)5-7-17/h4-7,10-11,20,24-25H,3,8-9,13H2,1-2H3. The molecular weight excluding hydrogens is 471 g/mol. The van der Waals surface area contributed by atoms with E-state index in [4.69, 9.17) is 14.7 Å². The smallest absolute Gasteiger partial charge is 0.302 e. The first-order chi connectivity index (χ1) is 13.5. The first kappa shape index (κ1) is 22.0. The van der Waals surface area contributed by atoms with Crippen molar-refractivity contribution in [3.8, 4) is 11.8 Å². The summed E-state index contributed by atoms with van der Waals surface area (Å²) in [4.78, 5) is 11.4. The predicted octanol–water partition coefficient (Wildman–Crippen LogP) is 3.81. The van der Waals surface area contributed by atoms with E-state index >= 15 is 0 Å². The van der Waals surface area contributed by atoms with Gasteiger partial charge in [-0.05, 0) is 71.0 Å². The third-order valence-corrected chi connectivity index (χ3v) is 4.86. The van der Waals surface area contributed by atoms with Crippen LogP contribution in [0.1, 0.15) is 36.6 Å². The lowest BCUT2D eigenvalue weighted by Gasteiger charge is -2.24. The number of hydrogen-bond donors (Lipinski definition) is 2. The van der Waals surface area contributed by atoms with Crippen molar-refractivity contribution in [2.45, 2.75) is 26.3 Å². The van der Waals surface area contributed by atoms with E-state index in [0.717, 1.165) is 26.8 Å². The van der Waals surface area contributed by atoms with E-state index in [1.54, 1.807) is 12.1 Å². The first-order valence-electron chi connectivity index (χ1n) is 8.94. The Balaban J connectivity index is 2.43. The van der Waals surface area contributed by atoms with Crippen LogP contribution in [0.2, 0.25) is 0 Å². The molecule has 28 heavy (non-hydrogen) atoms.